The van der Waals surface area contributed by atoms with Crippen molar-refractivity contribution in [1.29, 1.82) is 0 Å². The summed E-state index contributed by atoms with van der Waals surface area (Å²) in [6, 6.07) is 0. The molecule has 0 atom stereocenters. The van der Waals surface area contributed by atoms with Gasteiger partial charge in [0.25, 0.3) is 0 Å². The number of carbonyl (C=O) groups excluding carboxylic acids is 1. The molecule has 1 amide bonds. The number of allylic oxidation sites excluding steroid dienone is 3. The summed E-state index contributed by atoms with van der Waals surface area (Å²) < 4.78 is 0. The number of carbonyl (C=O) groups is 1. The first kappa shape index (κ1) is 10.0. The molecule has 0 spiro atoms. The van der Waals surface area contributed by atoms with Crippen molar-refractivity contribution in [1.82, 2.24) is 4.90 Å². The number of likely N-dealkylation sites (tertiary alicyclic amines) is 1. The maximum absolute atomic E-state index is 11.5. The molecule has 1 heterocycles. The molecule has 0 radical (unpaired) electrons. The Kier molecular flexibility index (Phi) is 4.30. The maximum atomic E-state index is 11.5. The summed E-state index contributed by atoms with van der Waals surface area (Å²) in [5.74, 6) is 0.151. The number of hydrogen-bond donors (Lipinski definition) is 0. The van der Waals surface area contributed by atoms with Gasteiger partial charge in [0.1, 0.15) is 0 Å². The molecule has 1 rings (SSSR count). The predicted molar refractivity (Wildman–Crippen MR) is 54.4 cm³/mol. The molecule has 0 aromatic heterocycles. The van der Waals surface area contributed by atoms with Gasteiger partial charge in [0.2, 0.25) is 5.91 Å². The van der Waals surface area contributed by atoms with Crippen LogP contribution in [-0.4, -0.2) is 23.9 Å². The van der Waals surface area contributed by atoms with Gasteiger partial charge in [0.15, 0.2) is 0 Å². The third-order valence-corrected chi connectivity index (χ3v) is 2.21. The van der Waals surface area contributed by atoms with Crippen LogP contribution >= 0.6 is 0 Å². The van der Waals surface area contributed by atoms with Gasteiger partial charge in [-0.25, -0.2) is 0 Å². The Balaban J connectivity index is 2.37. The SMILES string of the molecule is C/C=C\C=C\C(=O)N1CCCCC1. The average molecular weight is 179 g/mol. The Bertz CT molecular complexity index is 212. The maximum Gasteiger partial charge on any atom is 0.246 e. The monoisotopic (exact) mass is 179 g/mol. The van der Waals surface area contributed by atoms with E-state index >= 15 is 0 Å². The molecule has 0 saturated carbocycles. The van der Waals surface area contributed by atoms with Crippen LogP contribution < -0.4 is 0 Å². The van der Waals surface area contributed by atoms with Crippen molar-refractivity contribution in [2.24, 2.45) is 0 Å². The van der Waals surface area contributed by atoms with E-state index in [0.29, 0.717) is 0 Å². The molecule has 2 heteroatoms. The second-order valence-electron chi connectivity index (χ2n) is 3.27. The standard InChI is InChI=1S/C11H17NO/c1-2-3-5-8-11(13)12-9-6-4-7-10-12/h2-3,5,8H,4,6-7,9-10H2,1H3/b3-2-,8-5+. The number of nitrogens with zero attached hydrogens (tertiary/aromatic N) is 1. The minimum Gasteiger partial charge on any atom is -0.339 e. The Labute approximate surface area is 79.9 Å². The van der Waals surface area contributed by atoms with Crippen LogP contribution in [0, 0.1) is 0 Å². The number of amides is 1. The second kappa shape index (κ2) is 5.57. The fourth-order valence-electron chi connectivity index (χ4n) is 1.47. The van der Waals surface area contributed by atoms with Crippen LogP contribution in [-0.2, 0) is 4.79 Å². The Morgan fingerprint density at radius 1 is 1.15 bits per heavy atom. The van der Waals surface area contributed by atoms with Gasteiger partial charge in [-0.1, -0.05) is 18.2 Å². The van der Waals surface area contributed by atoms with E-state index in [1.54, 1.807) is 12.2 Å². The van der Waals surface area contributed by atoms with Crippen molar-refractivity contribution >= 4 is 5.91 Å². The van der Waals surface area contributed by atoms with E-state index in [9.17, 15) is 4.79 Å². The highest BCUT2D eigenvalue weighted by molar-refractivity contribution is 5.87. The molecule has 1 fully saturated rings. The van der Waals surface area contributed by atoms with E-state index in [2.05, 4.69) is 0 Å². The topological polar surface area (TPSA) is 20.3 Å². The highest BCUT2D eigenvalue weighted by Gasteiger charge is 2.12. The Morgan fingerprint density at radius 2 is 1.85 bits per heavy atom. The van der Waals surface area contributed by atoms with Crippen LogP contribution in [0.25, 0.3) is 0 Å². The van der Waals surface area contributed by atoms with E-state index in [-0.39, 0.29) is 5.91 Å². The largest absolute Gasteiger partial charge is 0.339 e. The number of hydrogen-bond acceptors (Lipinski definition) is 1. The van der Waals surface area contributed by atoms with Crippen LogP contribution in [0.3, 0.4) is 0 Å². The van der Waals surface area contributed by atoms with Gasteiger partial charge in [-0.15, -0.1) is 0 Å². The first-order valence-corrected chi connectivity index (χ1v) is 4.93. The van der Waals surface area contributed by atoms with Crippen molar-refractivity contribution in [3.8, 4) is 0 Å². The molecule has 0 unspecified atom stereocenters. The highest BCUT2D eigenvalue weighted by Crippen LogP contribution is 2.08. The van der Waals surface area contributed by atoms with Crippen molar-refractivity contribution < 1.29 is 4.79 Å². The molecular formula is C11H17NO. The molecule has 13 heavy (non-hydrogen) atoms. The summed E-state index contributed by atoms with van der Waals surface area (Å²) in [5, 5.41) is 0. The Morgan fingerprint density at radius 3 is 2.46 bits per heavy atom. The van der Waals surface area contributed by atoms with Crippen LogP contribution in [0.15, 0.2) is 24.3 Å². The quantitative estimate of drug-likeness (QED) is 0.469. The fraction of sp³-hybridized carbons (Fsp3) is 0.545. The molecule has 1 aliphatic heterocycles. The molecule has 2 nitrogen and oxygen atoms in total. The van der Waals surface area contributed by atoms with Crippen LogP contribution in [0.5, 0.6) is 0 Å². The zero-order valence-corrected chi connectivity index (χ0v) is 8.20. The Hall–Kier alpha value is -1.05. The summed E-state index contributed by atoms with van der Waals surface area (Å²) in [6.07, 6.45) is 10.8. The third-order valence-electron chi connectivity index (χ3n) is 2.21. The van der Waals surface area contributed by atoms with Crippen molar-refractivity contribution in [3.63, 3.8) is 0 Å². The van der Waals surface area contributed by atoms with Crippen molar-refractivity contribution in [2.45, 2.75) is 26.2 Å². The number of rotatable bonds is 2. The van der Waals surface area contributed by atoms with Gasteiger partial charge in [0.05, 0.1) is 0 Å². The summed E-state index contributed by atoms with van der Waals surface area (Å²) in [6.45, 7) is 3.80. The van der Waals surface area contributed by atoms with E-state index < -0.39 is 0 Å². The van der Waals surface area contributed by atoms with E-state index in [4.69, 9.17) is 0 Å². The van der Waals surface area contributed by atoms with Crippen molar-refractivity contribution in [3.05, 3.63) is 24.3 Å². The lowest BCUT2D eigenvalue weighted by Crippen LogP contribution is -2.34. The van der Waals surface area contributed by atoms with E-state index in [0.717, 1.165) is 25.9 Å². The normalized spacial score (nSPS) is 18.7. The molecule has 0 aromatic carbocycles. The molecule has 0 N–H and O–H groups in total. The first-order valence-electron chi connectivity index (χ1n) is 4.93. The summed E-state index contributed by atoms with van der Waals surface area (Å²) >= 11 is 0. The summed E-state index contributed by atoms with van der Waals surface area (Å²) in [7, 11) is 0. The molecule has 72 valence electrons. The van der Waals surface area contributed by atoms with Crippen LogP contribution in [0.1, 0.15) is 26.2 Å². The van der Waals surface area contributed by atoms with Gasteiger partial charge in [-0.05, 0) is 26.2 Å². The van der Waals surface area contributed by atoms with Crippen molar-refractivity contribution in [2.75, 3.05) is 13.1 Å². The lowest BCUT2D eigenvalue weighted by atomic mass is 10.1. The third kappa shape index (κ3) is 3.45. The van der Waals surface area contributed by atoms with Gasteiger partial charge in [-0.3, -0.25) is 4.79 Å². The molecule has 0 aromatic rings. The lowest BCUT2D eigenvalue weighted by Gasteiger charge is -2.25. The lowest BCUT2D eigenvalue weighted by molar-refractivity contribution is -0.126. The predicted octanol–water partition coefficient (Wildman–Crippen LogP) is 2.13. The zero-order chi connectivity index (χ0) is 9.52. The first-order chi connectivity index (χ1) is 6.34. The smallest absolute Gasteiger partial charge is 0.246 e. The van der Waals surface area contributed by atoms with Gasteiger partial charge < -0.3 is 4.90 Å². The summed E-state index contributed by atoms with van der Waals surface area (Å²) in [4.78, 5) is 13.4. The highest BCUT2D eigenvalue weighted by atomic mass is 16.2. The van der Waals surface area contributed by atoms with E-state index in [1.807, 2.05) is 24.0 Å². The zero-order valence-electron chi connectivity index (χ0n) is 8.20. The van der Waals surface area contributed by atoms with Crippen LogP contribution in [0.4, 0.5) is 0 Å². The van der Waals surface area contributed by atoms with Gasteiger partial charge in [0, 0.05) is 19.2 Å². The number of piperidine rings is 1. The van der Waals surface area contributed by atoms with Gasteiger partial charge >= 0.3 is 0 Å². The molecule has 1 saturated heterocycles. The minimum absolute atomic E-state index is 0.151. The minimum atomic E-state index is 0.151. The molecule has 1 aliphatic rings. The molecule has 0 aliphatic carbocycles. The summed E-state index contributed by atoms with van der Waals surface area (Å²) in [5.41, 5.74) is 0. The van der Waals surface area contributed by atoms with Crippen LogP contribution in [0.2, 0.25) is 0 Å². The van der Waals surface area contributed by atoms with Gasteiger partial charge in [-0.2, -0.15) is 0 Å². The second-order valence-corrected chi connectivity index (χ2v) is 3.27. The van der Waals surface area contributed by atoms with E-state index in [1.165, 1.54) is 6.42 Å². The molecule has 0 bridgehead atoms. The average Bonchev–Trinajstić information content (AvgIpc) is 2.19. The molecular weight excluding hydrogens is 162 g/mol. The fourth-order valence-corrected chi connectivity index (χ4v) is 1.47.